The normalized spacial score (nSPS) is 33.6. The number of fused-ring (bicyclic) bond motifs is 2. The molecule has 0 spiro atoms. The number of rotatable bonds is 5. The zero-order chi connectivity index (χ0) is 19.3. The molecule has 0 aromatic heterocycles. The van der Waals surface area contributed by atoms with Crippen molar-refractivity contribution in [2.24, 2.45) is 0 Å². The van der Waals surface area contributed by atoms with Crippen molar-refractivity contribution in [2.45, 2.75) is 49.9 Å². The lowest BCUT2D eigenvalue weighted by Gasteiger charge is -2.34. The highest BCUT2D eigenvalue weighted by Crippen LogP contribution is 2.41. The Hall–Kier alpha value is -1.61. The summed E-state index contributed by atoms with van der Waals surface area (Å²) in [6, 6.07) is -4.60. The van der Waals surface area contributed by atoms with Gasteiger partial charge in [0.15, 0.2) is 0 Å². The number of amides is 3. The van der Waals surface area contributed by atoms with E-state index in [0.29, 0.717) is 13.0 Å². The van der Waals surface area contributed by atoms with Gasteiger partial charge in [-0.25, -0.2) is 19.1 Å². The van der Waals surface area contributed by atoms with Crippen LogP contribution in [0, 0.1) is 0 Å². The fraction of sp³-hybridized carbons (Fsp3) is 0.833. The number of alkyl halides is 2. The second-order valence-electron chi connectivity index (χ2n) is 6.51. The van der Waals surface area contributed by atoms with Crippen LogP contribution in [0.5, 0.6) is 0 Å². The molecule has 0 saturated carbocycles. The minimum absolute atomic E-state index is 0.119. The minimum atomic E-state index is -5.18. The largest absolute Gasteiger partial charge is 0.418 e. The molecule has 3 saturated heterocycles. The van der Waals surface area contributed by atoms with Crippen molar-refractivity contribution in [3.63, 3.8) is 0 Å². The van der Waals surface area contributed by atoms with Gasteiger partial charge in [-0.05, 0) is 13.3 Å². The summed E-state index contributed by atoms with van der Waals surface area (Å²) < 4.78 is 62.8. The quantitative estimate of drug-likeness (QED) is 0.396. The van der Waals surface area contributed by atoms with Gasteiger partial charge in [0, 0.05) is 19.0 Å². The van der Waals surface area contributed by atoms with Crippen molar-refractivity contribution in [1.29, 1.82) is 0 Å². The number of nitrogens with zero attached hydrogens (tertiary/aromatic N) is 2. The number of piperidine rings is 1. The second kappa shape index (κ2) is 6.53. The number of urea groups is 1. The van der Waals surface area contributed by atoms with E-state index in [-0.39, 0.29) is 17.2 Å². The molecule has 3 aliphatic rings. The van der Waals surface area contributed by atoms with E-state index in [0.717, 1.165) is 4.90 Å². The van der Waals surface area contributed by atoms with Crippen LogP contribution >= 0.6 is 0 Å². The van der Waals surface area contributed by atoms with Gasteiger partial charge in [0.1, 0.15) is 12.1 Å². The fourth-order valence-electron chi connectivity index (χ4n) is 3.28. The van der Waals surface area contributed by atoms with Gasteiger partial charge < -0.3 is 10.2 Å². The maximum atomic E-state index is 14.3. The van der Waals surface area contributed by atoms with E-state index in [4.69, 9.17) is 9.39 Å². The molecule has 4 atom stereocenters. The van der Waals surface area contributed by atoms with Crippen LogP contribution in [0.3, 0.4) is 0 Å². The molecule has 11 nitrogen and oxygen atoms in total. The topological polar surface area (TPSA) is 138 Å². The Balaban J connectivity index is 1.70. The summed E-state index contributed by atoms with van der Waals surface area (Å²) in [5.74, 6) is -4.57. The highest BCUT2D eigenvalue weighted by molar-refractivity contribution is 7.80. The minimum Gasteiger partial charge on any atom is -0.311 e. The third kappa shape index (κ3) is 3.73. The molecule has 0 radical (unpaired) electrons. The summed E-state index contributed by atoms with van der Waals surface area (Å²) in [5.41, 5.74) is 2.09. The second-order valence-corrected chi connectivity index (χ2v) is 7.52. The van der Waals surface area contributed by atoms with Crippen molar-refractivity contribution in [2.75, 3.05) is 13.1 Å². The van der Waals surface area contributed by atoms with Crippen molar-refractivity contribution in [3.05, 3.63) is 0 Å². The summed E-state index contributed by atoms with van der Waals surface area (Å²) in [7, 11) is -5.18. The lowest BCUT2D eigenvalue weighted by Crippen LogP contribution is -2.56. The number of nitrogens with one attached hydrogen (secondary N) is 2. The fourth-order valence-corrected chi connectivity index (χ4v) is 3.65. The molecule has 3 fully saturated rings. The Morgan fingerprint density at radius 1 is 1.46 bits per heavy atom. The Labute approximate surface area is 147 Å². The Kier molecular flexibility index (Phi) is 4.81. The average molecular weight is 400 g/mol. The van der Waals surface area contributed by atoms with Gasteiger partial charge in [-0.2, -0.15) is 13.5 Å². The highest BCUT2D eigenvalue weighted by Gasteiger charge is 2.62. The van der Waals surface area contributed by atoms with Crippen LogP contribution in [-0.2, 0) is 24.3 Å². The Morgan fingerprint density at radius 3 is 2.73 bits per heavy atom. The molecule has 3 N–H and O–H groups in total. The lowest BCUT2D eigenvalue weighted by molar-refractivity contribution is -0.161. The molecule has 14 heteroatoms. The SMILES string of the molecule is CC1CC(ONC(=O)C2CC(F)(F)C3CN2C(=O)N3OS(=O)(=O)O)CN1. The summed E-state index contributed by atoms with van der Waals surface area (Å²) >= 11 is 0. The molecule has 0 aliphatic carbocycles. The van der Waals surface area contributed by atoms with Crippen molar-refractivity contribution >= 4 is 22.3 Å². The van der Waals surface area contributed by atoms with Crippen molar-refractivity contribution in [3.8, 4) is 0 Å². The van der Waals surface area contributed by atoms with E-state index in [1.165, 1.54) is 0 Å². The average Bonchev–Trinajstić information content (AvgIpc) is 3.05. The molecular weight excluding hydrogens is 382 g/mol. The summed E-state index contributed by atoms with van der Waals surface area (Å²) in [4.78, 5) is 30.3. The molecule has 148 valence electrons. The van der Waals surface area contributed by atoms with Crippen LogP contribution in [0.2, 0.25) is 0 Å². The number of halogens is 2. The number of hydrogen-bond acceptors (Lipinski definition) is 7. The first-order valence-electron chi connectivity index (χ1n) is 7.81. The van der Waals surface area contributed by atoms with Gasteiger partial charge >= 0.3 is 16.4 Å². The maximum absolute atomic E-state index is 14.3. The van der Waals surface area contributed by atoms with Crippen LogP contribution in [0.4, 0.5) is 13.6 Å². The number of hydroxylamine groups is 3. The van der Waals surface area contributed by atoms with Gasteiger partial charge in [0.2, 0.25) is 0 Å². The van der Waals surface area contributed by atoms with Crippen LogP contribution in [0.25, 0.3) is 0 Å². The number of carbonyl (C=O) groups is 2. The number of hydrogen-bond donors (Lipinski definition) is 3. The summed E-state index contributed by atoms with van der Waals surface area (Å²) in [6.45, 7) is 1.75. The molecular formula is C12H18F2N4O7S. The third-order valence-electron chi connectivity index (χ3n) is 4.53. The van der Waals surface area contributed by atoms with E-state index in [1.807, 2.05) is 6.92 Å². The third-order valence-corrected chi connectivity index (χ3v) is 4.88. The van der Waals surface area contributed by atoms with Gasteiger partial charge in [0.05, 0.1) is 12.6 Å². The molecule has 2 bridgehead atoms. The van der Waals surface area contributed by atoms with Gasteiger partial charge in [-0.3, -0.25) is 14.2 Å². The molecule has 3 aliphatic heterocycles. The van der Waals surface area contributed by atoms with Crippen LogP contribution in [0.1, 0.15) is 19.8 Å². The first-order chi connectivity index (χ1) is 12.0. The van der Waals surface area contributed by atoms with Crippen molar-refractivity contribution < 1.29 is 40.5 Å². The van der Waals surface area contributed by atoms with Gasteiger partial charge in [-0.1, -0.05) is 0 Å². The van der Waals surface area contributed by atoms with E-state index < -0.39 is 53.3 Å². The van der Waals surface area contributed by atoms with Crippen molar-refractivity contribution in [1.82, 2.24) is 20.8 Å². The predicted octanol–water partition coefficient (Wildman–Crippen LogP) is -0.967. The molecule has 0 aromatic rings. The smallest absolute Gasteiger partial charge is 0.311 e. The van der Waals surface area contributed by atoms with E-state index in [9.17, 15) is 26.8 Å². The van der Waals surface area contributed by atoms with Crippen LogP contribution < -0.4 is 10.8 Å². The van der Waals surface area contributed by atoms with Crippen LogP contribution in [0.15, 0.2) is 0 Å². The molecule has 0 aromatic carbocycles. The van der Waals surface area contributed by atoms with E-state index in [1.54, 1.807) is 0 Å². The zero-order valence-corrected chi connectivity index (χ0v) is 14.4. The number of carbonyl (C=O) groups excluding carboxylic acids is 2. The molecule has 4 unspecified atom stereocenters. The van der Waals surface area contributed by atoms with E-state index >= 15 is 0 Å². The molecule has 3 heterocycles. The van der Waals surface area contributed by atoms with E-state index in [2.05, 4.69) is 15.1 Å². The first kappa shape index (κ1) is 19.2. The summed E-state index contributed by atoms with van der Waals surface area (Å²) in [5, 5.41) is 2.96. The predicted molar refractivity (Wildman–Crippen MR) is 78.8 cm³/mol. The zero-order valence-electron chi connectivity index (χ0n) is 13.6. The molecule has 3 rings (SSSR count). The van der Waals surface area contributed by atoms with Gasteiger partial charge in [0.25, 0.3) is 11.8 Å². The van der Waals surface area contributed by atoms with Crippen LogP contribution in [-0.4, -0.2) is 78.1 Å². The lowest BCUT2D eigenvalue weighted by atomic mass is 9.96. The maximum Gasteiger partial charge on any atom is 0.418 e. The highest BCUT2D eigenvalue weighted by atomic mass is 32.3. The first-order valence-corrected chi connectivity index (χ1v) is 9.18. The summed E-state index contributed by atoms with van der Waals surface area (Å²) in [6.07, 6.45) is -0.759. The molecule has 26 heavy (non-hydrogen) atoms. The van der Waals surface area contributed by atoms with Gasteiger partial charge in [-0.15, -0.1) is 4.28 Å². The molecule has 3 amide bonds. The Bertz CT molecular complexity index is 706. The monoisotopic (exact) mass is 400 g/mol. The Morgan fingerprint density at radius 2 is 2.15 bits per heavy atom. The standard InChI is InChI=1S/C12H18F2N4O7S/c1-6-2-7(4-15-6)24-16-10(19)8-3-12(13,14)9-5-17(8)11(20)18(9)25-26(21,22)23/h6-9,15H,2-5H2,1H3,(H,16,19)(H,21,22,23).